The van der Waals surface area contributed by atoms with E-state index in [-0.39, 0.29) is 18.3 Å². The molecule has 0 bridgehead atoms. The van der Waals surface area contributed by atoms with E-state index < -0.39 is 5.97 Å². The number of methoxy groups -OCH3 is 1. The molecule has 0 fully saturated rings. The standard InChI is InChI=1S/C28H23N3O5/c1-35-28(34)19-6-8-21(9-7-19)36-16-26(32)18-4-2-17(3-5-18)24-14-20(10-12-29-24)25-15-22-23(31-25)11-13-30-27(22)33/h2-10,12,14-15,31H,11,13,16H2,1H3,(H,30,33). The number of pyridine rings is 1. The maximum atomic E-state index is 12.6. The smallest absolute Gasteiger partial charge is 0.337 e. The maximum absolute atomic E-state index is 12.6. The van der Waals surface area contributed by atoms with Crippen molar-refractivity contribution < 1.29 is 23.9 Å². The fraction of sp³-hybridized carbons (Fsp3) is 0.143. The number of hydrogen-bond acceptors (Lipinski definition) is 6. The first-order chi connectivity index (χ1) is 17.5. The number of fused-ring (bicyclic) bond motifs is 1. The van der Waals surface area contributed by atoms with Gasteiger partial charge in [0.15, 0.2) is 12.4 Å². The zero-order valence-electron chi connectivity index (χ0n) is 19.5. The van der Waals surface area contributed by atoms with Crippen LogP contribution in [0.5, 0.6) is 5.75 Å². The van der Waals surface area contributed by atoms with Gasteiger partial charge in [0.05, 0.1) is 23.9 Å². The number of carbonyl (C=O) groups is 3. The third kappa shape index (κ3) is 4.74. The largest absolute Gasteiger partial charge is 0.485 e. The summed E-state index contributed by atoms with van der Waals surface area (Å²) in [5.41, 5.74) is 5.95. The Bertz CT molecular complexity index is 1440. The molecule has 36 heavy (non-hydrogen) atoms. The van der Waals surface area contributed by atoms with Crippen LogP contribution < -0.4 is 10.1 Å². The number of ketones is 1. The molecule has 1 amide bonds. The van der Waals surface area contributed by atoms with E-state index in [1.54, 1.807) is 42.6 Å². The summed E-state index contributed by atoms with van der Waals surface area (Å²) in [6.07, 6.45) is 2.50. The molecule has 5 rings (SSSR count). The zero-order chi connectivity index (χ0) is 25.1. The second kappa shape index (κ2) is 9.87. The van der Waals surface area contributed by atoms with Crippen LogP contribution in [0.2, 0.25) is 0 Å². The molecule has 180 valence electrons. The van der Waals surface area contributed by atoms with Crippen molar-refractivity contribution in [2.24, 2.45) is 0 Å². The van der Waals surface area contributed by atoms with Gasteiger partial charge in [-0.15, -0.1) is 0 Å². The first kappa shape index (κ1) is 23.0. The monoisotopic (exact) mass is 481 g/mol. The molecule has 1 aliphatic rings. The summed E-state index contributed by atoms with van der Waals surface area (Å²) in [7, 11) is 1.32. The first-order valence-corrected chi connectivity index (χ1v) is 11.4. The van der Waals surface area contributed by atoms with Crippen LogP contribution in [-0.2, 0) is 11.2 Å². The van der Waals surface area contributed by atoms with E-state index in [4.69, 9.17) is 4.74 Å². The molecule has 0 unspecified atom stereocenters. The summed E-state index contributed by atoms with van der Waals surface area (Å²) in [6, 6.07) is 19.3. The van der Waals surface area contributed by atoms with Crippen molar-refractivity contribution in [1.82, 2.24) is 15.3 Å². The highest BCUT2D eigenvalue weighted by molar-refractivity contribution is 5.98. The number of benzene rings is 2. The van der Waals surface area contributed by atoms with Crippen LogP contribution in [0.4, 0.5) is 0 Å². The average Bonchev–Trinajstić information content (AvgIpc) is 3.38. The Morgan fingerprint density at radius 3 is 2.42 bits per heavy atom. The van der Waals surface area contributed by atoms with Gasteiger partial charge >= 0.3 is 5.97 Å². The summed E-state index contributed by atoms with van der Waals surface area (Å²) >= 11 is 0. The molecule has 0 spiro atoms. The molecule has 0 saturated carbocycles. The van der Waals surface area contributed by atoms with Gasteiger partial charge in [0.2, 0.25) is 0 Å². The normalized spacial score (nSPS) is 12.4. The van der Waals surface area contributed by atoms with Crippen molar-refractivity contribution >= 4 is 17.7 Å². The minimum absolute atomic E-state index is 0.0597. The second-order valence-corrected chi connectivity index (χ2v) is 8.32. The summed E-state index contributed by atoms with van der Waals surface area (Å²) < 4.78 is 10.2. The van der Waals surface area contributed by atoms with E-state index in [1.165, 1.54) is 7.11 Å². The Morgan fingerprint density at radius 1 is 0.944 bits per heavy atom. The number of H-pyrrole nitrogens is 1. The topological polar surface area (TPSA) is 110 Å². The van der Waals surface area contributed by atoms with E-state index in [2.05, 4.69) is 20.0 Å². The molecular weight excluding hydrogens is 458 g/mol. The van der Waals surface area contributed by atoms with Crippen LogP contribution in [-0.4, -0.2) is 47.9 Å². The third-order valence-corrected chi connectivity index (χ3v) is 6.02. The number of carbonyl (C=O) groups excluding carboxylic acids is 3. The van der Waals surface area contributed by atoms with Crippen molar-refractivity contribution in [3.05, 3.63) is 95.3 Å². The van der Waals surface area contributed by atoms with E-state index in [9.17, 15) is 14.4 Å². The lowest BCUT2D eigenvalue weighted by Crippen LogP contribution is -2.31. The lowest BCUT2D eigenvalue weighted by Gasteiger charge is -2.11. The van der Waals surface area contributed by atoms with E-state index in [0.717, 1.165) is 34.6 Å². The molecule has 2 N–H and O–H groups in total. The second-order valence-electron chi connectivity index (χ2n) is 8.32. The predicted molar refractivity (Wildman–Crippen MR) is 133 cm³/mol. The quantitative estimate of drug-likeness (QED) is 0.304. The van der Waals surface area contributed by atoms with Gasteiger partial charge in [-0.2, -0.15) is 0 Å². The van der Waals surface area contributed by atoms with Gasteiger partial charge < -0.3 is 19.8 Å². The SMILES string of the molecule is COC(=O)c1ccc(OCC(=O)c2ccc(-c3cc(-c4cc5c([nH]4)CCNC5=O)ccn3)cc2)cc1. The number of hydrogen-bond donors (Lipinski definition) is 2. The van der Waals surface area contributed by atoms with Gasteiger partial charge in [0, 0.05) is 47.2 Å². The lowest BCUT2D eigenvalue weighted by atomic mass is 10.0. The molecule has 0 radical (unpaired) electrons. The van der Waals surface area contributed by atoms with Crippen LogP contribution >= 0.6 is 0 Å². The summed E-state index contributed by atoms with van der Waals surface area (Å²) in [4.78, 5) is 44.0. The van der Waals surface area contributed by atoms with Gasteiger partial charge in [-0.25, -0.2) is 4.79 Å². The van der Waals surface area contributed by atoms with Crippen LogP contribution in [0.25, 0.3) is 22.5 Å². The van der Waals surface area contributed by atoms with Crippen molar-refractivity contribution in [3.63, 3.8) is 0 Å². The van der Waals surface area contributed by atoms with Gasteiger partial charge in [0.25, 0.3) is 5.91 Å². The highest BCUT2D eigenvalue weighted by Gasteiger charge is 2.20. The number of amides is 1. The molecule has 0 aliphatic carbocycles. The third-order valence-electron chi connectivity index (χ3n) is 6.02. The highest BCUT2D eigenvalue weighted by atomic mass is 16.5. The molecule has 0 saturated heterocycles. The number of nitrogens with zero attached hydrogens (tertiary/aromatic N) is 1. The van der Waals surface area contributed by atoms with Gasteiger partial charge in [-0.1, -0.05) is 24.3 Å². The molecular formula is C28H23N3O5. The average molecular weight is 482 g/mol. The number of nitrogens with one attached hydrogen (secondary N) is 2. The van der Waals surface area contributed by atoms with E-state index in [0.29, 0.717) is 29.0 Å². The maximum Gasteiger partial charge on any atom is 0.337 e. The Hall–Kier alpha value is -4.72. The number of ether oxygens (including phenoxy) is 2. The van der Waals surface area contributed by atoms with Crippen LogP contribution in [0.15, 0.2) is 72.9 Å². The molecule has 2 aromatic carbocycles. The van der Waals surface area contributed by atoms with Crippen LogP contribution in [0, 0.1) is 0 Å². The molecule has 3 heterocycles. The predicted octanol–water partition coefficient (Wildman–Crippen LogP) is 4.08. The molecule has 2 aromatic heterocycles. The van der Waals surface area contributed by atoms with Gasteiger partial charge in [0.1, 0.15) is 5.75 Å². The molecule has 1 aliphatic heterocycles. The summed E-state index contributed by atoms with van der Waals surface area (Å²) in [6.45, 7) is 0.501. The fourth-order valence-corrected chi connectivity index (χ4v) is 4.07. The van der Waals surface area contributed by atoms with Crippen LogP contribution in [0.3, 0.4) is 0 Å². The fourth-order valence-electron chi connectivity index (χ4n) is 4.07. The number of rotatable bonds is 7. The Kier molecular flexibility index (Phi) is 6.32. The highest BCUT2D eigenvalue weighted by Crippen LogP contribution is 2.27. The minimum Gasteiger partial charge on any atom is -0.485 e. The van der Waals surface area contributed by atoms with Gasteiger partial charge in [-0.3, -0.25) is 14.6 Å². The molecule has 4 aromatic rings. The Morgan fingerprint density at radius 2 is 1.69 bits per heavy atom. The number of aromatic nitrogens is 2. The lowest BCUT2D eigenvalue weighted by molar-refractivity contribution is 0.0600. The van der Waals surface area contributed by atoms with Crippen molar-refractivity contribution in [1.29, 1.82) is 0 Å². The molecule has 0 atom stereocenters. The Labute approximate surface area is 207 Å². The number of Topliss-reactive ketones (excluding diaryl/α,β-unsaturated/α-hetero) is 1. The molecule has 8 nitrogen and oxygen atoms in total. The number of esters is 1. The van der Waals surface area contributed by atoms with Gasteiger partial charge in [-0.05, 0) is 42.5 Å². The summed E-state index contributed by atoms with van der Waals surface area (Å²) in [5, 5.41) is 2.86. The van der Waals surface area contributed by atoms with Crippen molar-refractivity contribution in [2.45, 2.75) is 6.42 Å². The van der Waals surface area contributed by atoms with Crippen LogP contribution in [0.1, 0.15) is 36.8 Å². The van der Waals surface area contributed by atoms with Crippen molar-refractivity contribution in [3.8, 4) is 28.3 Å². The molecule has 8 heteroatoms. The van der Waals surface area contributed by atoms with Crippen molar-refractivity contribution in [2.75, 3.05) is 20.3 Å². The minimum atomic E-state index is -0.433. The zero-order valence-corrected chi connectivity index (χ0v) is 19.5. The Balaban J connectivity index is 1.26. The van der Waals surface area contributed by atoms with E-state index >= 15 is 0 Å². The van der Waals surface area contributed by atoms with E-state index in [1.807, 2.05) is 30.3 Å². The number of aromatic amines is 1. The first-order valence-electron chi connectivity index (χ1n) is 11.4. The summed E-state index contributed by atoms with van der Waals surface area (Å²) in [5.74, 6) is -0.180.